The van der Waals surface area contributed by atoms with Crippen molar-refractivity contribution in [3.8, 4) is 0 Å². The highest BCUT2D eigenvalue weighted by Gasteiger charge is 2.35. The van der Waals surface area contributed by atoms with Crippen molar-refractivity contribution >= 4 is 5.69 Å². The van der Waals surface area contributed by atoms with E-state index in [0.29, 0.717) is 0 Å². The summed E-state index contributed by atoms with van der Waals surface area (Å²) in [6.45, 7) is 1.57. The Labute approximate surface area is 127 Å². The number of rotatable bonds is 4. The molecule has 0 atom stereocenters. The summed E-state index contributed by atoms with van der Waals surface area (Å²) in [6.07, 6.45) is -9.15. The maximum absolute atomic E-state index is 12.9. The van der Waals surface area contributed by atoms with E-state index in [4.69, 9.17) is 0 Å². The van der Waals surface area contributed by atoms with Crippen LogP contribution in [-0.2, 0) is 25.4 Å². The molecule has 2 aromatic rings. The molecular formula is C14H13F6N3. The van der Waals surface area contributed by atoms with Crippen molar-refractivity contribution in [3.63, 3.8) is 0 Å². The second-order valence-electron chi connectivity index (χ2n) is 4.73. The lowest BCUT2D eigenvalue weighted by Gasteiger charge is -2.14. The van der Waals surface area contributed by atoms with Gasteiger partial charge in [0, 0.05) is 12.2 Å². The molecule has 0 saturated carbocycles. The van der Waals surface area contributed by atoms with E-state index in [1.165, 1.54) is 18.2 Å². The van der Waals surface area contributed by atoms with Crippen LogP contribution < -0.4 is 5.32 Å². The average molecular weight is 337 g/mol. The molecule has 0 spiro atoms. The number of hydrogen-bond acceptors (Lipinski definition) is 2. The molecule has 0 aliphatic heterocycles. The van der Waals surface area contributed by atoms with Crippen LogP contribution in [0, 0.1) is 0 Å². The molecular weight excluding hydrogens is 324 g/mol. The largest absolute Gasteiger partial charge is 0.435 e. The van der Waals surface area contributed by atoms with Gasteiger partial charge in [-0.05, 0) is 25.1 Å². The summed E-state index contributed by atoms with van der Waals surface area (Å²) >= 11 is 0. The van der Waals surface area contributed by atoms with Crippen LogP contribution in [0.25, 0.3) is 0 Å². The molecule has 2 rings (SSSR count). The molecule has 9 heteroatoms. The van der Waals surface area contributed by atoms with Gasteiger partial charge in [0.15, 0.2) is 5.69 Å². The summed E-state index contributed by atoms with van der Waals surface area (Å²) in [4.78, 5) is 0. The maximum Gasteiger partial charge on any atom is 0.435 e. The fraction of sp³-hybridized carbons (Fsp3) is 0.357. The normalized spacial score (nSPS) is 12.5. The van der Waals surface area contributed by atoms with Gasteiger partial charge in [-0.15, -0.1) is 0 Å². The summed E-state index contributed by atoms with van der Waals surface area (Å²) in [5.41, 5.74) is -1.99. The third-order valence-electron chi connectivity index (χ3n) is 3.15. The molecule has 0 unspecified atom stereocenters. The Kier molecular flexibility index (Phi) is 4.58. The van der Waals surface area contributed by atoms with E-state index in [1.807, 2.05) is 0 Å². The molecule has 126 valence electrons. The molecule has 3 nitrogen and oxygen atoms in total. The number of benzene rings is 1. The number of hydrogen-bond donors (Lipinski definition) is 1. The molecule has 0 fully saturated rings. The first-order chi connectivity index (χ1) is 10.6. The van der Waals surface area contributed by atoms with Crippen LogP contribution in [0.1, 0.15) is 23.9 Å². The van der Waals surface area contributed by atoms with E-state index in [-0.39, 0.29) is 24.5 Å². The van der Waals surface area contributed by atoms with Gasteiger partial charge >= 0.3 is 12.4 Å². The fourth-order valence-corrected chi connectivity index (χ4v) is 2.08. The van der Waals surface area contributed by atoms with Gasteiger partial charge < -0.3 is 5.32 Å². The zero-order valence-electron chi connectivity index (χ0n) is 12.0. The molecule has 1 aromatic carbocycles. The SMILES string of the molecule is CCn1nc(C(F)(F)F)cc1CNc1ccccc1C(F)(F)F. The predicted octanol–water partition coefficient (Wildman–Crippen LogP) is 4.55. The lowest BCUT2D eigenvalue weighted by Crippen LogP contribution is -2.12. The summed E-state index contributed by atoms with van der Waals surface area (Å²) in [5.74, 6) is 0. The van der Waals surface area contributed by atoms with E-state index in [2.05, 4.69) is 10.4 Å². The monoisotopic (exact) mass is 337 g/mol. The van der Waals surface area contributed by atoms with Gasteiger partial charge in [-0.2, -0.15) is 31.4 Å². The molecule has 0 aliphatic carbocycles. The summed E-state index contributed by atoms with van der Waals surface area (Å²) < 4.78 is 77.7. The first-order valence-corrected chi connectivity index (χ1v) is 6.67. The zero-order chi connectivity index (χ0) is 17.3. The quantitative estimate of drug-likeness (QED) is 0.830. The van der Waals surface area contributed by atoms with Crippen LogP contribution in [0.5, 0.6) is 0 Å². The minimum absolute atomic E-state index is 0.150. The lowest BCUT2D eigenvalue weighted by molar-refractivity contribution is -0.141. The second kappa shape index (κ2) is 6.13. The first kappa shape index (κ1) is 17.2. The van der Waals surface area contributed by atoms with E-state index in [0.717, 1.165) is 16.8 Å². The standard InChI is InChI=1S/C14H13F6N3/c1-2-23-9(7-12(22-23)14(18,19)20)8-21-11-6-4-3-5-10(11)13(15,16)17/h3-7,21H,2,8H2,1H3. The molecule has 1 heterocycles. The van der Waals surface area contributed by atoms with Crippen molar-refractivity contribution in [3.05, 3.63) is 47.3 Å². The van der Waals surface area contributed by atoms with Crippen LogP contribution >= 0.6 is 0 Å². The topological polar surface area (TPSA) is 29.9 Å². The Bertz CT molecular complexity index is 672. The lowest BCUT2D eigenvalue weighted by atomic mass is 10.1. The van der Waals surface area contributed by atoms with Crippen molar-refractivity contribution < 1.29 is 26.3 Å². The average Bonchev–Trinajstić information content (AvgIpc) is 2.87. The van der Waals surface area contributed by atoms with Gasteiger partial charge in [0.2, 0.25) is 0 Å². The van der Waals surface area contributed by atoms with Gasteiger partial charge in [0.25, 0.3) is 0 Å². The van der Waals surface area contributed by atoms with Crippen LogP contribution in [0.2, 0.25) is 0 Å². The number of para-hydroxylation sites is 1. The third-order valence-corrected chi connectivity index (χ3v) is 3.15. The number of nitrogens with zero attached hydrogens (tertiary/aromatic N) is 2. The molecule has 1 aromatic heterocycles. The van der Waals surface area contributed by atoms with Crippen molar-refractivity contribution in [2.45, 2.75) is 32.4 Å². The zero-order valence-corrected chi connectivity index (χ0v) is 12.0. The Morgan fingerprint density at radius 1 is 1.04 bits per heavy atom. The third kappa shape index (κ3) is 3.96. The molecule has 0 aliphatic rings. The van der Waals surface area contributed by atoms with Gasteiger partial charge in [0.05, 0.1) is 17.8 Å². The smallest absolute Gasteiger partial charge is 0.379 e. The summed E-state index contributed by atoms with van der Waals surface area (Å²) in [7, 11) is 0. The fourth-order valence-electron chi connectivity index (χ4n) is 2.08. The van der Waals surface area contributed by atoms with Gasteiger partial charge in [-0.3, -0.25) is 4.68 Å². The van der Waals surface area contributed by atoms with Crippen LogP contribution in [0.15, 0.2) is 30.3 Å². The molecule has 0 saturated heterocycles. The number of aryl methyl sites for hydroxylation is 1. The molecule has 0 radical (unpaired) electrons. The second-order valence-corrected chi connectivity index (χ2v) is 4.73. The van der Waals surface area contributed by atoms with E-state index >= 15 is 0 Å². The molecule has 23 heavy (non-hydrogen) atoms. The Morgan fingerprint density at radius 2 is 1.70 bits per heavy atom. The van der Waals surface area contributed by atoms with Gasteiger partial charge in [0.1, 0.15) is 0 Å². The van der Waals surface area contributed by atoms with Crippen molar-refractivity contribution in [1.82, 2.24) is 9.78 Å². The first-order valence-electron chi connectivity index (χ1n) is 6.67. The van der Waals surface area contributed by atoms with Crippen LogP contribution in [-0.4, -0.2) is 9.78 Å². The van der Waals surface area contributed by atoms with Crippen molar-refractivity contribution in [2.75, 3.05) is 5.32 Å². The minimum Gasteiger partial charge on any atom is -0.379 e. The van der Waals surface area contributed by atoms with Gasteiger partial charge in [-0.25, -0.2) is 0 Å². The molecule has 0 bridgehead atoms. The van der Waals surface area contributed by atoms with E-state index < -0.39 is 23.6 Å². The Hall–Kier alpha value is -2.19. The highest BCUT2D eigenvalue weighted by atomic mass is 19.4. The number of anilines is 1. The maximum atomic E-state index is 12.9. The number of alkyl halides is 6. The van der Waals surface area contributed by atoms with Crippen molar-refractivity contribution in [1.29, 1.82) is 0 Å². The summed E-state index contributed by atoms with van der Waals surface area (Å²) in [6, 6.07) is 5.61. The molecule has 0 amide bonds. The Morgan fingerprint density at radius 3 is 2.26 bits per heavy atom. The van der Waals surface area contributed by atoms with Crippen molar-refractivity contribution in [2.24, 2.45) is 0 Å². The summed E-state index contributed by atoms with van der Waals surface area (Å²) in [5, 5.41) is 5.94. The van der Waals surface area contributed by atoms with Gasteiger partial charge in [-0.1, -0.05) is 12.1 Å². The minimum atomic E-state index is -4.60. The highest BCUT2D eigenvalue weighted by Crippen LogP contribution is 2.35. The number of halogens is 6. The van der Waals surface area contributed by atoms with Crippen LogP contribution in [0.4, 0.5) is 32.0 Å². The van der Waals surface area contributed by atoms with E-state index in [9.17, 15) is 26.3 Å². The Balaban J connectivity index is 2.24. The number of nitrogens with one attached hydrogen (secondary N) is 1. The molecule has 1 N–H and O–H groups in total. The van der Waals surface area contributed by atoms with E-state index in [1.54, 1.807) is 6.92 Å². The van der Waals surface area contributed by atoms with Crippen LogP contribution in [0.3, 0.4) is 0 Å². The highest BCUT2D eigenvalue weighted by molar-refractivity contribution is 5.52. The predicted molar refractivity (Wildman–Crippen MR) is 71.7 cm³/mol. The number of aromatic nitrogens is 2.